The van der Waals surface area contributed by atoms with E-state index >= 15 is 0 Å². The summed E-state index contributed by atoms with van der Waals surface area (Å²) in [6, 6.07) is -0.433. The number of carbonyl (C=O) groups excluding carboxylic acids is 4. The van der Waals surface area contributed by atoms with Crippen LogP contribution in [0.4, 0.5) is 4.79 Å². The van der Waals surface area contributed by atoms with Crippen molar-refractivity contribution in [1.29, 1.82) is 0 Å². The van der Waals surface area contributed by atoms with Crippen LogP contribution >= 0.6 is 11.8 Å². The molecule has 3 aliphatic rings. The number of aliphatic carboxylic acids is 1. The van der Waals surface area contributed by atoms with Crippen molar-refractivity contribution in [2.24, 2.45) is 0 Å². The molecule has 1 unspecified atom stereocenters. The second-order valence-corrected chi connectivity index (χ2v) is 9.34. The van der Waals surface area contributed by atoms with E-state index in [9.17, 15) is 24.0 Å². The molecular weight excluding hydrogens is 440 g/mol. The summed E-state index contributed by atoms with van der Waals surface area (Å²) in [6.45, 7) is 1.99. The maximum atomic E-state index is 11.9. The van der Waals surface area contributed by atoms with Crippen LogP contribution in [0.25, 0.3) is 0 Å². The molecule has 0 aromatic carbocycles. The number of thioether (sulfide) groups is 1. The van der Waals surface area contributed by atoms with Crippen molar-refractivity contribution in [3.8, 4) is 0 Å². The predicted octanol–water partition coefficient (Wildman–Crippen LogP) is 0.996. The maximum absolute atomic E-state index is 11.9. The standard InChI is InChI=1S/C16H27N3O4S.C4H5NO3/c1-2-3-6-10(15(21)22)17-13(20)8-5-4-7-12-14-11(9-24-12)18-16(23)19-14;6-3-1-2-4(7)5(3)8/h10-12,14H,2-9H2,1H3,(H,17,20)(H,21,22)(H2,18,19,23);8H,1-2H2/t10?,11-,12-,14-;/m0./s1. The number of carboxylic acids is 1. The summed E-state index contributed by atoms with van der Waals surface area (Å²) in [5.41, 5.74) is 0. The molecule has 0 spiro atoms. The Balaban J connectivity index is 0.000000380. The van der Waals surface area contributed by atoms with Gasteiger partial charge in [-0.3, -0.25) is 19.6 Å². The highest BCUT2D eigenvalue weighted by Gasteiger charge is 2.42. The highest BCUT2D eigenvalue weighted by molar-refractivity contribution is 8.00. The van der Waals surface area contributed by atoms with E-state index in [4.69, 9.17) is 10.3 Å². The molecule has 4 atom stereocenters. The SMILES string of the molecule is CCCCC(NC(=O)CCCC[C@@H]1SC[C@@H]2NC(=O)N[C@@H]21)C(=O)O.O=C1CCC(=O)N1O. The number of unbranched alkanes of at least 4 members (excludes halogenated alkanes) is 2. The fraction of sp³-hybridized carbons (Fsp3) is 0.750. The summed E-state index contributed by atoms with van der Waals surface area (Å²) in [5, 5.41) is 26.6. The smallest absolute Gasteiger partial charge is 0.326 e. The lowest BCUT2D eigenvalue weighted by molar-refractivity contribution is -0.171. The number of carbonyl (C=O) groups is 5. The van der Waals surface area contributed by atoms with Gasteiger partial charge in [-0.2, -0.15) is 16.8 Å². The first kappa shape index (κ1) is 25.9. The number of hydrogen-bond donors (Lipinski definition) is 5. The Morgan fingerprint density at radius 1 is 1.16 bits per heavy atom. The lowest BCUT2D eigenvalue weighted by atomic mass is 10.0. The first-order valence-electron chi connectivity index (χ1n) is 11.0. The van der Waals surface area contributed by atoms with Gasteiger partial charge in [0.05, 0.1) is 12.1 Å². The van der Waals surface area contributed by atoms with Crippen LogP contribution in [0.1, 0.15) is 64.7 Å². The van der Waals surface area contributed by atoms with Crippen LogP contribution in [0, 0.1) is 0 Å². The van der Waals surface area contributed by atoms with Crippen molar-refractivity contribution in [2.75, 3.05) is 5.75 Å². The third-order valence-electron chi connectivity index (χ3n) is 5.59. The van der Waals surface area contributed by atoms with Crippen LogP contribution in [0.3, 0.4) is 0 Å². The topological polar surface area (TPSA) is 165 Å². The van der Waals surface area contributed by atoms with Gasteiger partial charge < -0.3 is 21.1 Å². The molecule has 3 heterocycles. The van der Waals surface area contributed by atoms with Crippen LogP contribution in [0.2, 0.25) is 0 Å². The molecule has 0 aliphatic carbocycles. The molecule has 3 aliphatic heterocycles. The van der Waals surface area contributed by atoms with Gasteiger partial charge in [-0.05, 0) is 19.3 Å². The number of amides is 5. The van der Waals surface area contributed by atoms with Crippen LogP contribution in [-0.4, -0.2) is 74.2 Å². The Labute approximate surface area is 191 Å². The summed E-state index contributed by atoms with van der Waals surface area (Å²) in [5.74, 6) is -1.22. The number of carboxylic acid groups (broad SMARTS) is 1. The van der Waals surface area contributed by atoms with Crippen molar-refractivity contribution >= 4 is 41.5 Å². The number of urea groups is 1. The van der Waals surface area contributed by atoms with E-state index in [1.165, 1.54) is 0 Å². The number of fused-ring (bicyclic) bond motifs is 1. The summed E-state index contributed by atoms with van der Waals surface area (Å²) in [6.07, 6.45) is 5.42. The zero-order valence-corrected chi connectivity index (χ0v) is 19.0. The molecule has 180 valence electrons. The van der Waals surface area contributed by atoms with Gasteiger partial charge >= 0.3 is 12.0 Å². The Kier molecular flexibility index (Phi) is 10.2. The summed E-state index contributed by atoms with van der Waals surface area (Å²) in [4.78, 5) is 54.8. The molecule has 3 saturated heterocycles. The van der Waals surface area contributed by atoms with Crippen molar-refractivity contribution in [3.05, 3.63) is 0 Å². The predicted molar refractivity (Wildman–Crippen MR) is 116 cm³/mol. The molecule has 0 saturated carbocycles. The summed E-state index contributed by atoms with van der Waals surface area (Å²) >= 11 is 1.86. The van der Waals surface area contributed by atoms with Crippen LogP contribution in [0.15, 0.2) is 0 Å². The van der Waals surface area contributed by atoms with E-state index in [1.54, 1.807) is 0 Å². The molecule has 3 rings (SSSR count). The maximum Gasteiger partial charge on any atom is 0.326 e. The number of nitrogens with one attached hydrogen (secondary N) is 3. The van der Waals surface area contributed by atoms with Crippen molar-refractivity contribution in [3.63, 3.8) is 0 Å². The molecule has 3 fully saturated rings. The molecular formula is C20H32N4O7S. The quantitative estimate of drug-likeness (QED) is 0.136. The molecule has 5 amide bonds. The summed E-state index contributed by atoms with van der Waals surface area (Å²) < 4.78 is 0. The first-order chi connectivity index (χ1) is 15.2. The van der Waals surface area contributed by atoms with Gasteiger partial charge in [-0.25, -0.2) is 9.59 Å². The van der Waals surface area contributed by atoms with E-state index in [0.717, 1.165) is 37.9 Å². The largest absolute Gasteiger partial charge is 0.480 e. The fourth-order valence-electron chi connectivity index (χ4n) is 3.77. The third-order valence-corrected chi connectivity index (χ3v) is 7.09. The van der Waals surface area contributed by atoms with Crippen molar-refractivity contribution < 1.29 is 34.3 Å². The van der Waals surface area contributed by atoms with E-state index in [-0.39, 0.29) is 41.9 Å². The minimum absolute atomic E-state index is 0.0820. The second kappa shape index (κ2) is 12.6. The Morgan fingerprint density at radius 3 is 2.41 bits per heavy atom. The lowest BCUT2D eigenvalue weighted by Crippen LogP contribution is -2.40. The van der Waals surface area contributed by atoms with E-state index in [1.807, 2.05) is 18.7 Å². The third kappa shape index (κ3) is 7.66. The molecule has 5 N–H and O–H groups in total. The second-order valence-electron chi connectivity index (χ2n) is 8.07. The van der Waals surface area contributed by atoms with Crippen LogP contribution < -0.4 is 16.0 Å². The first-order valence-corrected chi connectivity index (χ1v) is 12.0. The zero-order chi connectivity index (χ0) is 23.7. The molecule has 11 nitrogen and oxygen atoms in total. The monoisotopic (exact) mass is 472 g/mol. The molecule has 0 aromatic rings. The van der Waals surface area contributed by atoms with Crippen molar-refractivity contribution in [2.45, 2.75) is 88.1 Å². The number of nitrogens with zero attached hydrogens (tertiary/aromatic N) is 1. The Bertz CT molecular complexity index is 704. The Morgan fingerprint density at radius 2 is 1.84 bits per heavy atom. The van der Waals surface area contributed by atoms with Crippen LogP contribution in [0.5, 0.6) is 0 Å². The van der Waals surface area contributed by atoms with Gasteiger partial charge in [0.2, 0.25) is 5.91 Å². The van der Waals surface area contributed by atoms with E-state index < -0.39 is 23.8 Å². The number of rotatable bonds is 10. The van der Waals surface area contributed by atoms with E-state index in [2.05, 4.69) is 16.0 Å². The average Bonchev–Trinajstić information content (AvgIpc) is 3.39. The molecule has 0 aromatic heterocycles. The van der Waals surface area contributed by atoms with Gasteiger partial charge in [0.15, 0.2) is 0 Å². The van der Waals surface area contributed by atoms with Gasteiger partial charge in [0.25, 0.3) is 11.8 Å². The summed E-state index contributed by atoms with van der Waals surface area (Å²) in [7, 11) is 0. The average molecular weight is 473 g/mol. The van der Waals surface area contributed by atoms with Gasteiger partial charge in [0, 0.05) is 30.3 Å². The number of imide groups is 1. The lowest BCUT2D eigenvalue weighted by Gasteiger charge is -2.17. The Hall–Kier alpha value is -2.34. The van der Waals surface area contributed by atoms with Gasteiger partial charge in [-0.15, -0.1) is 0 Å². The van der Waals surface area contributed by atoms with Gasteiger partial charge in [-0.1, -0.05) is 26.2 Å². The minimum Gasteiger partial charge on any atom is -0.480 e. The fourth-order valence-corrected chi connectivity index (χ4v) is 5.31. The molecule has 0 radical (unpaired) electrons. The highest BCUT2D eigenvalue weighted by Crippen LogP contribution is 2.33. The molecule has 12 heteroatoms. The molecule has 0 bridgehead atoms. The van der Waals surface area contributed by atoms with Crippen LogP contribution in [-0.2, 0) is 19.2 Å². The highest BCUT2D eigenvalue weighted by atomic mass is 32.2. The number of hydrogen-bond acceptors (Lipinski definition) is 7. The zero-order valence-electron chi connectivity index (χ0n) is 18.2. The van der Waals surface area contributed by atoms with Crippen molar-refractivity contribution in [1.82, 2.24) is 21.0 Å². The minimum atomic E-state index is -0.963. The van der Waals surface area contributed by atoms with E-state index in [0.29, 0.717) is 18.1 Å². The number of hydroxylamine groups is 2. The molecule has 32 heavy (non-hydrogen) atoms. The normalized spacial score (nSPS) is 24.9. The van der Waals surface area contributed by atoms with Gasteiger partial charge in [0.1, 0.15) is 6.04 Å².